The average molecular weight is 259 g/mol. The van der Waals surface area contributed by atoms with E-state index in [1.165, 1.54) is 32.0 Å². The van der Waals surface area contributed by atoms with Crippen molar-refractivity contribution in [1.29, 1.82) is 0 Å². The third-order valence-corrected chi connectivity index (χ3v) is 4.53. The van der Waals surface area contributed by atoms with Crippen molar-refractivity contribution >= 4 is 23.4 Å². The number of thioether (sulfide) groups is 1. The van der Waals surface area contributed by atoms with Crippen molar-refractivity contribution in [3.63, 3.8) is 0 Å². The van der Waals surface area contributed by atoms with Crippen LogP contribution in [0.1, 0.15) is 31.2 Å². The summed E-state index contributed by atoms with van der Waals surface area (Å²) in [5.74, 6) is 1.87. The van der Waals surface area contributed by atoms with Crippen molar-refractivity contribution in [3.05, 3.63) is 17.0 Å². The molecule has 5 heteroatoms. The zero-order chi connectivity index (χ0) is 11.4. The van der Waals surface area contributed by atoms with Crippen LogP contribution in [0.3, 0.4) is 0 Å². The molecule has 0 radical (unpaired) electrons. The summed E-state index contributed by atoms with van der Waals surface area (Å²) in [4.78, 5) is 8.05. The second-order valence-corrected chi connectivity index (χ2v) is 5.43. The summed E-state index contributed by atoms with van der Waals surface area (Å²) in [6.07, 6.45) is 6.80. The Labute approximate surface area is 105 Å². The lowest BCUT2D eigenvalue weighted by Crippen LogP contribution is -2.00. The molecule has 0 unspecified atom stereocenters. The molecule has 1 aromatic rings. The lowest BCUT2D eigenvalue weighted by Gasteiger charge is -2.10. The van der Waals surface area contributed by atoms with Crippen LogP contribution in [0, 0.1) is 5.92 Å². The Morgan fingerprint density at radius 1 is 1.38 bits per heavy atom. The van der Waals surface area contributed by atoms with Gasteiger partial charge in [0.25, 0.3) is 0 Å². The number of hydrogen-bond donors (Lipinski definition) is 1. The zero-order valence-corrected chi connectivity index (χ0v) is 10.6. The fourth-order valence-corrected chi connectivity index (χ4v) is 3.44. The lowest BCUT2D eigenvalue weighted by atomic mass is 10.1. The number of aromatic nitrogens is 2. The Morgan fingerprint density at radius 2 is 2.12 bits per heavy atom. The summed E-state index contributed by atoms with van der Waals surface area (Å²) >= 11 is 7.59. The van der Waals surface area contributed by atoms with Gasteiger partial charge < -0.3 is 5.11 Å². The van der Waals surface area contributed by atoms with E-state index in [1.54, 1.807) is 11.8 Å². The summed E-state index contributed by atoms with van der Waals surface area (Å²) in [6.45, 7) is -0.0906. The molecule has 1 aliphatic rings. The Kier molecular flexibility index (Phi) is 4.44. The Morgan fingerprint density at radius 3 is 2.81 bits per heavy atom. The first-order chi connectivity index (χ1) is 7.81. The molecule has 1 aromatic heterocycles. The van der Waals surface area contributed by atoms with Crippen molar-refractivity contribution in [2.45, 2.75) is 37.3 Å². The molecule has 16 heavy (non-hydrogen) atoms. The predicted octanol–water partition coefficient (Wildman–Crippen LogP) is 2.90. The highest BCUT2D eigenvalue weighted by atomic mass is 35.5. The highest BCUT2D eigenvalue weighted by Crippen LogP contribution is 2.32. The molecule has 1 N–H and O–H groups in total. The van der Waals surface area contributed by atoms with Gasteiger partial charge in [0.1, 0.15) is 16.5 Å². The number of aliphatic hydroxyl groups excluding tert-OH is 1. The third kappa shape index (κ3) is 2.87. The van der Waals surface area contributed by atoms with Gasteiger partial charge in [0.05, 0.1) is 6.61 Å². The van der Waals surface area contributed by atoms with Crippen LogP contribution in [-0.2, 0) is 6.61 Å². The van der Waals surface area contributed by atoms with Gasteiger partial charge in [-0.25, -0.2) is 9.97 Å². The van der Waals surface area contributed by atoms with Crippen LogP contribution in [0.5, 0.6) is 0 Å². The van der Waals surface area contributed by atoms with Crippen molar-refractivity contribution in [1.82, 2.24) is 9.97 Å². The van der Waals surface area contributed by atoms with Gasteiger partial charge in [0.2, 0.25) is 0 Å². The first-order valence-electron chi connectivity index (χ1n) is 5.54. The van der Waals surface area contributed by atoms with Crippen LogP contribution in [0.4, 0.5) is 0 Å². The Hall–Kier alpha value is -0.320. The van der Waals surface area contributed by atoms with E-state index in [1.807, 2.05) is 0 Å². The van der Waals surface area contributed by atoms with Gasteiger partial charge in [0, 0.05) is 11.3 Å². The second-order valence-electron chi connectivity index (χ2n) is 4.07. The maximum absolute atomic E-state index is 9.21. The predicted molar refractivity (Wildman–Crippen MR) is 65.6 cm³/mol. The zero-order valence-electron chi connectivity index (χ0n) is 9.03. The molecular formula is C11H15ClN2OS. The summed E-state index contributed by atoms with van der Waals surface area (Å²) in [7, 11) is 0. The molecule has 0 spiro atoms. The van der Waals surface area contributed by atoms with Gasteiger partial charge in [-0.3, -0.25) is 0 Å². The van der Waals surface area contributed by atoms with Gasteiger partial charge in [-0.1, -0.05) is 24.4 Å². The molecule has 0 aromatic carbocycles. The number of hydrogen-bond acceptors (Lipinski definition) is 4. The molecule has 1 fully saturated rings. The fraction of sp³-hybridized carbons (Fsp3) is 0.636. The molecule has 88 valence electrons. The van der Waals surface area contributed by atoms with Crippen LogP contribution < -0.4 is 0 Å². The van der Waals surface area contributed by atoms with Crippen LogP contribution in [0.2, 0.25) is 5.15 Å². The SMILES string of the molecule is OCc1c(Cl)ncnc1SCC1CCCC1. The Balaban J connectivity index is 2.00. The smallest absolute Gasteiger partial charge is 0.139 e. The van der Waals surface area contributed by atoms with Gasteiger partial charge in [-0.05, 0) is 18.8 Å². The van der Waals surface area contributed by atoms with E-state index < -0.39 is 0 Å². The number of rotatable bonds is 4. The van der Waals surface area contributed by atoms with Crippen molar-refractivity contribution in [3.8, 4) is 0 Å². The third-order valence-electron chi connectivity index (χ3n) is 2.94. The van der Waals surface area contributed by atoms with Gasteiger partial charge in [-0.15, -0.1) is 11.8 Å². The molecule has 0 atom stereocenters. The highest BCUT2D eigenvalue weighted by Gasteiger charge is 2.17. The maximum atomic E-state index is 9.21. The second kappa shape index (κ2) is 5.84. The lowest BCUT2D eigenvalue weighted by molar-refractivity contribution is 0.277. The molecule has 0 bridgehead atoms. The summed E-state index contributed by atoms with van der Waals surface area (Å²) in [5, 5.41) is 10.4. The van der Waals surface area contributed by atoms with E-state index in [9.17, 15) is 5.11 Å². The van der Waals surface area contributed by atoms with E-state index >= 15 is 0 Å². The minimum Gasteiger partial charge on any atom is -0.391 e. The molecular weight excluding hydrogens is 244 g/mol. The van der Waals surface area contributed by atoms with E-state index in [0.717, 1.165) is 16.7 Å². The largest absolute Gasteiger partial charge is 0.391 e. The molecule has 1 saturated carbocycles. The summed E-state index contributed by atoms with van der Waals surface area (Å²) in [6, 6.07) is 0. The minimum absolute atomic E-state index is 0.0906. The summed E-state index contributed by atoms with van der Waals surface area (Å²) in [5.41, 5.74) is 0.659. The fourth-order valence-electron chi connectivity index (χ4n) is 2.01. The van der Waals surface area contributed by atoms with Crippen LogP contribution >= 0.6 is 23.4 Å². The van der Waals surface area contributed by atoms with Crippen LogP contribution in [0.25, 0.3) is 0 Å². The van der Waals surface area contributed by atoms with E-state index in [0.29, 0.717) is 10.7 Å². The Bertz CT molecular complexity index is 356. The first-order valence-corrected chi connectivity index (χ1v) is 6.90. The normalized spacial score (nSPS) is 16.9. The van der Waals surface area contributed by atoms with Crippen molar-refractivity contribution in [2.24, 2.45) is 5.92 Å². The van der Waals surface area contributed by atoms with E-state index in [-0.39, 0.29) is 6.61 Å². The molecule has 0 aliphatic heterocycles. The number of halogens is 1. The van der Waals surface area contributed by atoms with Crippen molar-refractivity contribution in [2.75, 3.05) is 5.75 Å². The molecule has 0 saturated heterocycles. The molecule has 1 heterocycles. The minimum atomic E-state index is -0.0906. The average Bonchev–Trinajstić information content (AvgIpc) is 2.79. The maximum Gasteiger partial charge on any atom is 0.139 e. The van der Waals surface area contributed by atoms with Crippen molar-refractivity contribution < 1.29 is 5.11 Å². The molecule has 1 aliphatic carbocycles. The quantitative estimate of drug-likeness (QED) is 0.666. The van der Waals surface area contributed by atoms with Gasteiger partial charge in [0.15, 0.2) is 0 Å². The molecule has 2 rings (SSSR count). The number of aliphatic hydroxyl groups is 1. The van der Waals surface area contributed by atoms with E-state index in [2.05, 4.69) is 9.97 Å². The monoisotopic (exact) mass is 258 g/mol. The van der Waals surface area contributed by atoms with Crippen LogP contribution in [0.15, 0.2) is 11.4 Å². The van der Waals surface area contributed by atoms with Crippen LogP contribution in [-0.4, -0.2) is 20.8 Å². The standard InChI is InChI=1S/C11H15ClN2OS/c12-10-9(5-15)11(14-7-13-10)16-6-8-3-1-2-4-8/h7-8,15H,1-6H2. The van der Waals surface area contributed by atoms with E-state index in [4.69, 9.17) is 11.6 Å². The molecule has 0 amide bonds. The first kappa shape index (κ1) is 12.1. The molecule has 3 nitrogen and oxygen atoms in total. The summed E-state index contributed by atoms with van der Waals surface area (Å²) < 4.78 is 0. The topological polar surface area (TPSA) is 46.0 Å². The van der Waals surface area contributed by atoms with Gasteiger partial charge in [-0.2, -0.15) is 0 Å². The number of nitrogens with zero attached hydrogens (tertiary/aromatic N) is 2. The highest BCUT2D eigenvalue weighted by molar-refractivity contribution is 7.99. The van der Waals surface area contributed by atoms with Gasteiger partial charge >= 0.3 is 0 Å².